The van der Waals surface area contributed by atoms with Gasteiger partial charge >= 0.3 is 5.97 Å². The van der Waals surface area contributed by atoms with Crippen molar-refractivity contribution >= 4 is 12.4 Å². The van der Waals surface area contributed by atoms with Crippen LogP contribution in [0.1, 0.15) is 20.8 Å². The maximum atomic E-state index is 10.5. The SMILES string of the molecule is CC(C)OC(=O)C(C)O.CN(C)C=O. The van der Waals surface area contributed by atoms with Crippen molar-refractivity contribution in [2.45, 2.75) is 33.0 Å². The molecule has 0 fully saturated rings. The molecule has 1 amide bonds. The highest BCUT2D eigenvalue weighted by molar-refractivity contribution is 5.73. The van der Waals surface area contributed by atoms with E-state index in [9.17, 15) is 9.59 Å². The van der Waals surface area contributed by atoms with Crippen molar-refractivity contribution in [3.63, 3.8) is 0 Å². The van der Waals surface area contributed by atoms with Crippen LogP contribution >= 0.6 is 0 Å². The summed E-state index contributed by atoms with van der Waals surface area (Å²) in [7, 11) is 3.38. The van der Waals surface area contributed by atoms with E-state index in [4.69, 9.17) is 5.11 Å². The van der Waals surface area contributed by atoms with Crippen LogP contribution in [0.2, 0.25) is 0 Å². The van der Waals surface area contributed by atoms with Crippen molar-refractivity contribution in [3.8, 4) is 0 Å². The molecule has 0 bridgehead atoms. The van der Waals surface area contributed by atoms with Gasteiger partial charge in [0.25, 0.3) is 0 Å². The fourth-order valence-corrected chi connectivity index (χ4v) is 0.331. The third-order valence-corrected chi connectivity index (χ3v) is 0.904. The van der Waals surface area contributed by atoms with Gasteiger partial charge < -0.3 is 14.7 Å². The minimum atomic E-state index is -1.01. The number of aliphatic hydroxyl groups is 1. The molecule has 5 heteroatoms. The molecule has 0 radical (unpaired) electrons. The Hall–Kier alpha value is -1.10. The van der Waals surface area contributed by atoms with Crippen LogP contribution in [0.3, 0.4) is 0 Å². The quantitative estimate of drug-likeness (QED) is 0.521. The second-order valence-electron chi connectivity index (χ2n) is 3.23. The van der Waals surface area contributed by atoms with Crippen molar-refractivity contribution in [3.05, 3.63) is 0 Å². The molecule has 0 aliphatic heterocycles. The molecule has 1 N–H and O–H groups in total. The lowest BCUT2D eigenvalue weighted by Crippen LogP contribution is -2.22. The number of amides is 1. The second kappa shape index (κ2) is 8.50. The number of hydrogen-bond donors (Lipinski definition) is 1. The van der Waals surface area contributed by atoms with Crippen LogP contribution in [0.5, 0.6) is 0 Å². The van der Waals surface area contributed by atoms with E-state index in [0.717, 1.165) is 6.41 Å². The van der Waals surface area contributed by atoms with Gasteiger partial charge in [-0.3, -0.25) is 4.79 Å². The van der Waals surface area contributed by atoms with Gasteiger partial charge in [-0.15, -0.1) is 0 Å². The molecular weight excluding hydrogens is 186 g/mol. The fourth-order valence-electron chi connectivity index (χ4n) is 0.331. The molecule has 1 unspecified atom stereocenters. The van der Waals surface area contributed by atoms with Gasteiger partial charge in [0.2, 0.25) is 6.41 Å². The zero-order valence-corrected chi connectivity index (χ0v) is 9.35. The zero-order chi connectivity index (χ0) is 11.7. The molecule has 0 aromatic carbocycles. The van der Waals surface area contributed by atoms with Crippen molar-refractivity contribution in [2.75, 3.05) is 14.1 Å². The predicted octanol–water partition coefficient (Wildman–Crippen LogP) is 0.0232. The summed E-state index contributed by atoms with van der Waals surface area (Å²) < 4.78 is 4.62. The molecule has 5 nitrogen and oxygen atoms in total. The molecule has 0 aliphatic carbocycles. The lowest BCUT2D eigenvalue weighted by molar-refractivity contribution is -0.156. The van der Waals surface area contributed by atoms with E-state index in [-0.39, 0.29) is 6.10 Å². The average Bonchev–Trinajstić information content (AvgIpc) is 2.04. The minimum absolute atomic E-state index is 0.146. The Labute approximate surface area is 84.7 Å². The lowest BCUT2D eigenvalue weighted by Gasteiger charge is -2.08. The summed E-state index contributed by atoms with van der Waals surface area (Å²) in [5, 5.41) is 8.60. The van der Waals surface area contributed by atoms with Crippen LogP contribution in [0, 0.1) is 0 Å². The smallest absolute Gasteiger partial charge is 0.334 e. The van der Waals surface area contributed by atoms with Gasteiger partial charge in [-0.25, -0.2) is 4.79 Å². The second-order valence-corrected chi connectivity index (χ2v) is 3.23. The van der Waals surface area contributed by atoms with Gasteiger partial charge in [0, 0.05) is 14.1 Å². The Morgan fingerprint density at radius 2 is 1.71 bits per heavy atom. The normalized spacial score (nSPS) is 11.1. The highest BCUT2D eigenvalue weighted by atomic mass is 16.6. The lowest BCUT2D eigenvalue weighted by atomic mass is 10.4. The monoisotopic (exact) mass is 205 g/mol. The van der Waals surface area contributed by atoms with Crippen LogP contribution in [-0.2, 0) is 14.3 Å². The van der Waals surface area contributed by atoms with Crippen molar-refractivity contribution in [1.29, 1.82) is 0 Å². The summed E-state index contributed by atoms with van der Waals surface area (Å²) >= 11 is 0. The van der Waals surface area contributed by atoms with Crippen LogP contribution in [-0.4, -0.2) is 48.7 Å². The third-order valence-electron chi connectivity index (χ3n) is 0.904. The topological polar surface area (TPSA) is 66.8 Å². The predicted molar refractivity (Wildman–Crippen MR) is 52.7 cm³/mol. The number of aliphatic hydroxyl groups excluding tert-OH is 1. The number of carbonyl (C=O) groups is 2. The molecule has 0 saturated heterocycles. The van der Waals surface area contributed by atoms with E-state index < -0.39 is 12.1 Å². The van der Waals surface area contributed by atoms with E-state index in [1.54, 1.807) is 27.9 Å². The van der Waals surface area contributed by atoms with E-state index in [1.807, 2.05) is 0 Å². The summed E-state index contributed by atoms with van der Waals surface area (Å²) in [5.41, 5.74) is 0. The van der Waals surface area contributed by atoms with Gasteiger partial charge in [0.1, 0.15) is 6.10 Å². The van der Waals surface area contributed by atoms with Gasteiger partial charge in [-0.1, -0.05) is 0 Å². The minimum Gasteiger partial charge on any atom is -0.461 e. The van der Waals surface area contributed by atoms with Gasteiger partial charge in [0.05, 0.1) is 6.10 Å². The maximum absolute atomic E-state index is 10.5. The highest BCUT2D eigenvalue weighted by Gasteiger charge is 2.10. The Balaban J connectivity index is 0. The third kappa shape index (κ3) is 13.5. The first-order valence-electron chi connectivity index (χ1n) is 4.31. The first-order valence-corrected chi connectivity index (χ1v) is 4.31. The molecule has 1 atom stereocenters. The molecule has 0 heterocycles. The first kappa shape index (κ1) is 15.4. The standard InChI is InChI=1S/C6H12O3.C3H7NO/c1-4(2)9-6(8)5(3)7;1-4(2)3-5/h4-5,7H,1-3H3;3H,1-2H3. The van der Waals surface area contributed by atoms with Crippen LogP contribution in [0.15, 0.2) is 0 Å². The largest absolute Gasteiger partial charge is 0.461 e. The van der Waals surface area contributed by atoms with E-state index >= 15 is 0 Å². The van der Waals surface area contributed by atoms with E-state index in [1.165, 1.54) is 11.8 Å². The molecule has 84 valence electrons. The molecule has 0 aliphatic rings. The molecule has 14 heavy (non-hydrogen) atoms. The van der Waals surface area contributed by atoms with Gasteiger partial charge in [0.15, 0.2) is 0 Å². The van der Waals surface area contributed by atoms with E-state index in [0.29, 0.717) is 0 Å². The molecule has 0 saturated carbocycles. The Morgan fingerprint density at radius 3 is 1.79 bits per heavy atom. The van der Waals surface area contributed by atoms with Gasteiger partial charge in [-0.05, 0) is 20.8 Å². The van der Waals surface area contributed by atoms with Gasteiger partial charge in [-0.2, -0.15) is 0 Å². The molecule has 0 aromatic rings. The summed E-state index contributed by atoms with van der Waals surface area (Å²) in [4.78, 5) is 21.4. The number of esters is 1. The number of nitrogens with zero attached hydrogens (tertiary/aromatic N) is 1. The average molecular weight is 205 g/mol. The Bertz CT molecular complexity index is 166. The van der Waals surface area contributed by atoms with Crippen molar-refractivity contribution < 1.29 is 19.4 Å². The van der Waals surface area contributed by atoms with Crippen LogP contribution in [0.4, 0.5) is 0 Å². The first-order chi connectivity index (χ1) is 6.31. The molecule has 0 aromatic heterocycles. The molecule has 0 rings (SSSR count). The zero-order valence-electron chi connectivity index (χ0n) is 9.35. The fraction of sp³-hybridized carbons (Fsp3) is 0.778. The Morgan fingerprint density at radius 1 is 1.36 bits per heavy atom. The Kier molecular flexibility index (Phi) is 9.33. The summed E-state index contributed by atoms with van der Waals surface area (Å²) in [5.74, 6) is -0.565. The summed E-state index contributed by atoms with van der Waals surface area (Å²) in [6, 6.07) is 0. The maximum Gasteiger partial charge on any atom is 0.334 e. The highest BCUT2D eigenvalue weighted by Crippen LogP contribution is 1.92. The van der Waals surface area contributed by atoms with Crippen molar-refractivity contribution in [2.24, 2.45) is 0 Å². The van der Waals surface area contributed by atoms with E-state index in [2.05, 4.69) is 4.74 Å². The van der Waals surface area contributed by atoms with Crippen molar-refractivity contribution in [1.82, 2.24) is 4.90 Å². The van der Waals surface area contributed by atoms with Crippen LogP contribution in [0.25, 0.3) is 0 Å². The van der Waals surface area contributed by atoms with Crippen LogP contribution < -0.4 is 0 Å². The number of hydrogen-bond acceptors (Lipinski definition) is 4. The summed E-state index contributed by atoms with van der Waals surface area (Å²) in [6.07, 6.45) is -0.403. The summed E-state index contributed by atoms with van der Waals surface area (Å²) in [6.45, 7) is 4.85. The molecule has 0 spiro atoms. The number of ether oxygens (including phenoxy) is 1. The number of rotatable bonds is 3. The molecular formula is C9H19NO4. The number of carbonyl (C=O) groups excluding carboxylic acids is 2.